The number of amides is 2. The van der Waals surface area contributed by atoms with Crippen LogP contribution in [0.15, 0.2) is 48.7 Å². The van der Waals surface area contributed by atoms with Crippen LogP contribution in [0.1, 0.15) is 88.8 Å². The number of anilines is 2. The second kappa shape index (κ2) is 15.1. The van der Waals surface area contributed by atoms with Crippen LogP contribution in [-0.4, -0.2) is 99.0 Å². The first-order valence-corrected chi connectivity index (χ1v) is 18.7. The molecule has 4 aromatic rings. The number of pyridine rings is 1. The van der Waals surface area contributed by atoms with Crippen molar-refractivity contribution in [1.29, 1.82) is 0 Å². The van der Waals surface area contributed by atoms with Crippen molar-refractivity contribution in [2.24, 2.45) is 0 Å². The topological polar surface area (TPSA) is 126 Å². The van der Waals surface area contributed by atoms with Crippen LogP contribution in [0.2, 0.25) is 0 Å². The van der Waals surface area contributed by atoms with E-state index in [1.54, 1.807) is 4.68 Å². The first kappa shape index (κ1) is 35.7. The van der Waals surface area contributed by atoms with E-state index >= 15 is 0 Å². The number of carbonyl (C=O) groups is 2. The summed E-state index contributed by atoms with van der Waals surface area (Å²) in [5.41, 5.74) is 3.27. The number of hydroxylamine groups is 1. The Labute approximate surface area is 305 Å². The number of carbonyl (C=O) groups excluding carboxylic acids is 2. The zero-order valence-corrected chi connectivity index (χ0v) is 31.1. The maximum Gasteiger partial charge on any atom is 0.357 e. The van der Waals surface area contributed by atoms with Crippen molar-refractivity contribution in [3.8, 4) is 5.75 Å². The first-order chi connectivity index (χ1) is 25.1. The van der Waals surface area contributed by atoms with Crippen molar-refractivity contribution in [3.63, 3.8) is 0 Å². The molecule has 2 aliphatic heterocycles. The van der Waals surface area contributed by atoms with Gasteiger partial charge in [-0.25, -0.2) is 9.48 Å². The summed E-state index contributed by atoms with van der Waals surface area (Å²) in [6.45, 7) is 15.0. The summed E-state index contributed by atoms with van der Waals surface area (Å²) in [5.74, 6) is 1.99. The maximum absolute atomic E-state index is 14.0. The van der Waals surface area contributed by atoms with Crippen LogP contribution in [0, 0.1) is 0 Å². The number of hydrogen-bond acceptors (Lipinski definition) is 10. The van der Waals surface area contributed by atoms with E-state index in [1.807, 2.05) is 47.0 Å². The molecule has 52 heavy (non-hydrogen) atoms. The predicted molar refractivity (Wildman–Crippen MR) is 198 cm³/mol. The summed E-state index contributed by atoms with van der Waals surface area (Å²) in [6.07, 6.45) is 6.57. The summed E-state index contributed by atoms with van der Waals surface area (Å²) in [6, 6.07) is 13.3. The van der Waals surface area contributed by atoms with E-state index in [1.165, 1.54) is 6.42 Å². The molecule has 3 aliphatic rings. The summed E-state index contributed by atoms with van der Waals surface area (Å²) in [5, 5.41) is 18.0. The van der Waals surface area contributed by atoms with Gasteiger partial charge >= 0.3 is 12.5 Å². The van der Waals surface area contributed by atoms with Crippen molar-refractivity contribution in [1.82, 2.24) is 39.5 Å². The standard InChI is InChI=1S/C38H52N10O4/c1-27-10-8-9-17-45(27)36-41-40-34-16-13-28(25-46(34)36)52-32-15-14-31(29-11-6-7-12-30(29)32)39-37(50)48(51-26-49)35-24-33(38(2,3)4)42-47(35)23-22-44-20-18-43(5)19-21-44/h6-7,11-13,16,24-27,31-32H,8-10,14-15,17-23H2,1-5H3,(H,39,50)/t27-,31-,32+/m0/s1. The van der Waals surface area contributed by atoms with E-state index in [4.69, 9.17) is 14.7 Å². The van der Waals surface area contributed by atoms with Crippen molar-refractivity contribution >= 4 is 29.9 Å². The Balaban J connectivity index is 1.09. The Morgan fingerprint density at radius 1 is 0.981 bits per heavy atom. The Bertz CT molecular complexity index is 1860. The minimum absolute atomic E-state index is 0.219. The fraction of sp³-hybridized carbons (Fsp3) is 0.553. The third-order valence-electron chi connectivity index (χ3n) is 10.7. The van der Waals surface area contributed by atoms with Crippen LogP contribution in [-0.2, 0) is 21.6 Å². The molecule has 1 aromatic carbocycles. The molecule has 0 radical (unpaired) electrons. The van der Waals surface area contributed by atoms with E-state index in [9.17, 15) is 9.59 Å². The van der Waals surface area contributed by atoms with Gasteiger partial charge in [0.25, 0.3) is 0 Å². The Morgan fingerprint density at radius 3 is 2.52 bits per heavy atom. The fourth-order valence-corrected chi connectivity index (χ4v) is 7.57. The molecule has 278 valence electrons. The number of aromatic nitrogens is 5. The molecule has 0 bridgehead atoms. The molecule has 0 unspecified atom stereocenters. The van der Waals surface area contributed by atoms with Crippen molar-refractivity contribution in [2.45, 2.75) is 89.9 Å². The molecule has 0 spiro atoms. The second-order valence-corrected chi connectivity index (χ2v) is 15.4. The van der Waals surface area contributed by atoms with E-state index in [0.717, 1.165) is 91.3 Å². The number of likely N-dealkylation sites (N-methyl/N-ethyl adjacent to an activating group) is 1. The van der Waals surface area contributed by atoms with Crippen LogP contribution < -0.4 is 20.0 Å². The van der Waals surface area contributed by atoms with Crippen LogP contribution >= 0.6 is 0 Å². The van der Waals surface area contributed by atoms with Gasteiger partial charge in [0.05, 0.1) is 24.5 Å². The minimum atomic E-state index is -0.537. The van der Waals surface area contributed by atoms with Crippen molar-refractivity contribution in [2.75, 3.05) is 56.3 Å². The third-order valence-corrected chi connectivity index (χ3v) is 10.7. The zero-order valence-electron chi connectivity index (χ0n) is 31.1. The lowest BCUT2D eigenvalue weighted by Gasteiger charge is -2.34. The second-order valence-electron chi connectivity index (χ2n) is 15.4. The molecule has 3 aromatic heterocycles. The Hall–Kier alpha value is -4.69. The normalized spacial score (nSPS) is 21.5. The summed E-state index contributed by atoms with van der Waals surface area (Å²) >= 11 is 0. The average molecular weight is 713 g/mol. The molecule has 14 heteroatoms. The Morgan fingerprint density at radius 2 is 1.77 bits per heavy atom. The quantitative estimate of drug-likeness (QED) is 0.175. The van der Waals surface area contributed by atoms with Gasteiger partial charge < -0.3 is 24.7 Å². The number of benzene rings is 1. The highest BCUT2D eigenvalue weighted by atomic mass is 16.7. The average Bonchev–Trinajstić information content (AvgIpc) is 3.76. The lowest BCUT2D eigenvalue weighted by molar-refractivity contribution is -0.129. The van der Waals surface area contributed by atoms with Gasteiger partial charge in [-0.3, -0.25) is 14.1 Å². The molecule has 5 heterocycles. The highest BCUT2D eigenvalue weighted by Crippen LogP contribution is 2.39. The van der Waals surface area contributed by atoms with E-state index in [2.05, 4.69) is 71.0 Å². The molecule has 0 saturated carbocycles. The monoisotopic (exact) mass is 712 g/mol. The van der Waals surface area contributed by atoms with Gasteiger partial charge in [-0.1, -0.05) is 45.0 Å². The van der Waals surface area contributed by atoms with Crippen LogP contribution in [0.3, 0.4) is 0 Å². The first-order valence-electron chi connectivity index (χ1n) is 18.7. The molecule has 2 fully saturated rings. The molecule has 1 aliphatic carbocycles. The van der Waals surface area contributed by atoms with Crippen LogP contribution in [0.5, 0.6) is 5.75 Å². The number of nitrogens with one attached hydrogen (secondary N) is 1. The van der Waals surface area contributed by atoms with Gasteiger partial charge in [0, 0.05) is 56.8 Å². The molecular weight excluding hydrogens is 660 g/mol. The Kier molecular flexibility index (Phi) is 10.4. The molecule has 2 saturated heterocycles. The lowest BCUT2D eigenvalue weighted by atomic mass is 9.85. The number of rotatable bonds is 10. The smallest absolute Gasteiger partial charge is 0.357 e. The number of nitrogens with zero attached hydrogens (tertiary/aromatic N) is 9. The van der Waals surface area contributed by atoms with E-state index in [0.29, 0.717) is 31.2 Å². The van der Waals surface area contributed by atoms with E-state index < -0.39 is 6.03 Å². The van der Waals surface area contributed by atoms with Gasteiger partial charge in [-0.2, -0.15) is 5.10 Å². The predicted octanol–water partition coefficient (Wildman–Crippen LogP) is 5.11. The fourth-order valence-electron chi connectivity index (χ4n) is 7.57. The summed E-state index contributed by atoms with van der Waals surface area (Å²) < 4.78 is 10.5. The molecule has 1 N–H and O–H groups in total. The molecule has 14 nitrogen and oxygen atoms in total. The lowest BCUT2D eigenvalue weighted by Crippen LogP contribution is -2.46. The highest BCUT2D eigenvalue weighted by Gasteiger charge is 2.33. The van der Waals surface area contributed by atoms with Gasteiger partial charge in [-0.05, 0) is 69.3 Å². The number of hydrogen-bond donors (Lipinski definition) is 1. The van der Waals surface area contributed by atoms with Crippen LogP contribution in [0.25, 0.3) is 5.65 Å². The van der Waals surface area contributed by atoms with Gasteiger partial charge in [0.1, 0.15) is 11.9 Å². The number of piperidine rings is 1. The zero-order chi connectivity index (χ0) is 36.4. The molecule has 3 atom stereocenters. The summed E-state index contributed by atoms with van der Waals surface area (Å²) in [4.78, 5) is 38.3. The molecular formula is C38H52N10O4. The minimum Gasteiger partial charge on any atom is -0.484 e. The van der Waals surface area contributed by atoms with Gasteiger partial charge in [-0.15, -0.1) is 15.3 Å². The van der Waals surface area contributed by atoms with Crippen molar-refractivity contribution < 1.29 is 19.2 Å². The number of urea groups is 1. The van der Waals surface area contributed by atoms with Crippen molar-refractivity contribution in [3.05, 3.63) is 65.5 Å². The summed E-state index contributed by atoms with van der Waals surface area (Å²) in [7, 11) is 2.13. The third kappa shape index (κ3) is 7.58. The number of fused-ring (bicyclic) bond motifs is 2. The van der Waals surface area contributed by atoms with Crippen LogP contribution in [0.4, 0.5) is 16.6 Å². The van der Waals surface area contributed by atoms with Gasteiger partial charge in [0.15, 0.2) is 11.5 Å². The number of ether oxygens (including phenoxy) is 1. The van der Waals surface area contributed by atoms with Gasteiger partial charge in [0.2, 0.25) is 5.95 Å². The number of piperazine rings is 1. The highest BCUT2D eigenvalue weighted by molar-refractivity contribution is 5.90. The largest absolute Gasteiger partial charge is 0.484 e. The molecule has 7 rings (SSSR count). The van der Waals surface area contributed by atoms with E-state index in [-0.39, 0.29) is 24.0 Å². The molecule has 2 amide bonds. The maximum atomic E-state index is 14.0. The SMILES string of the molecule is C[C@H]1CCCCN1c1nnc2ccc(O[C@@H]3CC[C@H](NC(=O)N(OC=O)c4cc(C(C)(C)C)nn4CCN4CCN(C)CC4)c4ccccc43)cn12.